The summed E-state index contributed by atoms with van der Waals surface area (Å²) in [7, 11) is 0. The molecule has 0 aliphatic heterocycles. The Morgan fingerprint density at radius 1 is 1.23 bits per heavy atom. The van der Waals surface area contributed by atoms with Gasteiger partial charge in [-0.25, -0.2) is 0 Å². The summed E-state index contributed by atoms with van der Waals surface area (Å²) in [4.78, 5) is 0. The molecule has 0 saturated carbocycles. The zero-order valence-electron chi connectivity index (χ0n) is 14.4. The van der Waals surface area contributed by atoms with E-state index in [0.29, 0.717) is 0 Å². The maximum Gasteiger partial charge on any atom is 0.0323 e. The standard InChI is InChI=1S/C20H30N2/c1-5-19(22)16-11-15(12-17(21)13-16)8-9-18-14(2)7-6-10-20(18,3)4/h8-9,11-13,19H,5-7,10,21-22H2,1-4H3/b9-8+. The minimum atomic E-state index is 0.0581. The van der Waals surface area contributed by atoms with Crippen LogP contribution in [0.3, 0.4) is 0 Å². The molecule has 2 heteroatoms. The van der Waals surface area contributed by atoms with Crippen LogP contribution in [0.4, 0.5) is 5.69 Å². The number of benzene rings is 1. The van der Waals surface area contributed by atoms with Crippen LogP contribution in [0.25, 0.3) is 6.08 Å². The van der Waals surface area contributed by atoms with Crippen LogP contribution < -0.4 is 11.5 Å². The van der Waals surface area contributed by atoms with Crippen molar-refractivity contribution in [1.29, 1.82) is 0 Å². The molecule has 4 N–H and O–H groups in total. The largest absolute Gasteiger partial charge is 0.399 e. The van der Waals surface area contributed by atoms with Crippen LogP contribution in [0.15, 0.2) is 35.4 Å². The summed E-state index contributed by atoms with van der Waals surface area (Å²) in [5, 5.41) is 0. The van der Waals surface area contributed by atoms with Gasteiger partial charge in [-0.15, -0.1) is 0 Å². The monoisotopic (exact) mass is 298 g/mol. The number of rotatable bonds is 4. The number of anilines is 1. The van der Waals surface area contributed by atoms with Gasteiger partial charge in [-0.3, -0.25) is 0 Å². The molecule has 0 radical (unpaired) electrons. The van der Waals surface area contributed by atoms with Gasteiger partial charge in [-0.2, -0.15) is 0 Å². The predicted molar refractivity (Wildman–Crippen MR) is 97.4 cm³/mol. The van der Waals surface area contributed by atoms with Gasteiger partial charge in [-0.05, 0) is 66.9 Å². The van der Waals surface area contributed by atoms with Gasteiger partial charge in [0.2, 0.25) is 0 Å². The van der Waals surface area contributed by atoms with Crippen molar-refractivity contribution < 1.29 is 0 Å². The highest BCUT2D eigenvalue weighted by Crippen LogP contribution is 2.41. The van der Waals surface area contributed by atoms with Gasteiger partial charge < -0.3 is 11.5 Å². The van der Waals surface area contributed by atoms with E-state index in [4.69, 9.17) is 11.5 Å². The van der Waals surface area contributed by atoms with Crippen molar-refractivity contribution in [2.75, 3.05) is 5.73 Å². The van der Waals surface area contributed by atoms with Crippen LogP contribution in [0.5, 0.6) is 0 Å². The second kappa shape index (κ2) is 6.70. The van der Waals surface area contributed by atoms with Crippen molar-refractivity contribution in [2.24, 2.45) is 11.1 Å². The highest BCUT2D eigenvalue weighted by atomic mass is 14.6. The highest BCUT2D eigenvalue weighted by Gasteiger charge is 2.26. The van der Waals surface area contributed by atoms with E-state index in [-0.39, 0.29) is 11.5 Å². The summed E-state index contributed by atoms with van der Waals surface area (Å²) >= 11 is 0. The molecule has 1 atom stereocenters. The maximum absolute atomic E-state index is 6.15. The molecular formula is C20H30N2. The van der Waals surface area contributed by atoms with Gasteiger partial charge in [0.15, 0.2) is 0 Å². The van der Waals surface area contributed by atoms with E-state index >= 15 is 0 Å². The highest BCUT2D eigenvalue weighted by molar-refractivity contribution is 5.60. The van der Waals surface area contributed by atoms with Gasteiger partial charge in [0.05, 0.1) is 0 Å². The number of hydrogen-bond donors (Lipinski definition) is 2. The van der Waals surface area contributed by atoms with Crippen LogP contribution in [-0.4, -0.2) is 0 Å². The fraction of sp³-hybridized carbons (Fsp3) is 0.500. The summed E-state index contributed by atoms with van der Waals surface area (Å²) in [6.45, 7) is 9.04. The number of nitrogen functional groups attached to an aromatic ring is 1. The van der Waals surface area contributed by atoms with E-state index in [9.17, 15) is 0 Å². The zero-order valence-corrected chi connectivity index (χ0v) is 14.4. The van der Waals surface area contributed by atoms with Gasteiger partial charge in [0.25, 0.3) is 0 Å². The first-order valence-electron chi connectivity index (χ1n) is 8.38. The van der Waals surface area contributed by atoms with Crippen LogP contribution in [0, 0.1) is 5.41 Å². The average Bonchev–Trinajstić information content (AvgIpc) is 2.44. The summed E-state index contributed by atoms with van der Waals surface area (Å²) in [5.41, 5.74) is 18.5. The molecule has 1 aromatic rings. The molecule has 1 aromatic carbocycles. The number of allylic oxidation sites excluding steroid dienone is 3. The van der Waals surface area contributed by atoms with Gasteiger partial charge in [0, 0.05) is 11.7 Å². The van der Waals surface area contributed by atoms with Gasteiger partial charge in [0.1, 0.15) is 0 Å². The van der Waals surface area contributed by atoms with E-state index in [1.165, 1.54) is 30.4 Å². The molecule has 0 fully saturated rings. The molecule has 0 spiro atoms. The molecule has 120 valence electrons. The van der Waals surface area contributed by atoms with E-state index in [0.717, 1.165) is 23.2 Å². The second-order valence-corrected chi connectivity index (χ2v) is 7.21. The zero-order chi connectivity index (χ0) is 16.3. The van der Waals surface area contributed by atoms with Crippen LogP contribution in [0.1, 0.15) is 70.5 Å². The Labute approximate surface area is 135 Å². The van der Waals surface area contributed by atoms with Crippen molar-refractivity contribution in [2.45, 2.75) is 59.4 Å². The van der Waals surface area contributed by atoms with Crippen molar-refractivity contribution in [3.63, 3.8) is 0 Å². The third kappa shape index (κ3) is 3.80. The summed E-state index contributed by atoms with van der Waals surface area (Å²) in [5.74, 6) is 0. The molecule has 1 aliphatic rings. The Balaban J connectivity index is 2.32. The lowest BCUT2D eigenvalue weighted by Gasteiger charge is -2.32. The third-order valence-electron chi connectivity index (χ3n) is 4.85. The Morgan fingerprint density at radius 2 is 1.95 bits per heavy atom. The lowest BCUT2D eigenvalue weighted by Crippen LogP contribution is -2.18. The van der Waals surface area contributed by atoms with E-state index in [1.54, 1.807) is 0 Å². The quantitative estimate of drug-likeness (QED) is 0.749. The number of nitrogens with two attached hydrogens (primary N) is 2. The molecule has 2 nitrogen and oxygen atoms in total. The van der Waals surface area contributed by atoms with Crippen LogP contribution >= 0.6 is 0 Å². The molecule has 0 heterocycles. The van der Waals surface area contributed by atoms with Gasteiger partial charge >= 0.3 is 0 Å². The fourth-order valence-electron chi connectivity index (χ4n) is 3.44. The van der Waals surface area contributed by atoms with Crippen molar-refractivity contribution in [3.05, 3.63) is 46.5 Å². The Bertz CT molecular complexity index is 594. The first kappa shape index (κ1) is 16.8. The molecular weight excluding hydrogens is 268 g/mol. The predicted octanol–water partition coefficient (Wildman–Crippen LogP) is 5.22. The maximum atomic E-state index is 6.15. The van der Waals surface area contributed by atoms with Crippen LogP contribution in [0.2, 0.25) is 0 Å². The Kier molecular flexibility index (Phi) is 5.12. The molecule has 0 saturated heterocycles. The third-order valence-corrected chi connectivity index (χ3v) is 4.85. The molecule has 1 aliphatic carbocycles. The molecule has 1 unspecified atom stereocenters. The van der Waals surface area contributed by atoms with E-state index in [1.807, 2.05) is 12.1 Å². The van der Waals surface area contributed by atoms with Crippen molar-refractivity contribution in [3.8, 4) is 0 Å². The minimum absolute atomic E-state index is 0.0581. The van der Waals surface area contributed by atoms with Gasteiger partial charge in [-0.1, -0.05) is 44.6 Å². The van der Waals surface area contributed by atoms with E-state index in [2.05, 4.69) is 45.9 Å². The molecule has 0 bridgehead atoms. The topological polar surface area (TPSA) is 52.0 Å². The summed E-state index contributed by atoms with van der Waals surface area (Å²) in [6.07, 6.45) is 9.16. The first-order chi connectivity index (χ1) is 10.3. The fourth-order valence-corrected chi connectivity index (χ4v) is 3.44. The Morgan fingerprint density at radius 3 is 2.59 bits per heavy atom. The lowest BCUT2D eigenvalue weighted by atomic mass is 9.72. The molecule has 22 heavy (non-hydrogen) atoms. The lowest BCUT2D eigenvalue weighted by molar-refractivity contribution is 0.377. The minimum Gasteiger partial charge on any atom is -0.399 e. The number of hydrogen-bond acceptors (Lipinski definition) is 2. The van der Waals surface area contributed by atoms with Crippen molar-refractivity contribution >= 4 is 11.8 Å². The summed E-state index contributed by atoms with van der Waals surface area (Å²) in [6, 6.07) is 6.23. The average molecular weight is 298 g/mol. The normalized spacial score (nSPS) is 19.7. The SMILES string of the molecule is CCC(N)c1cc(N)cc(/C=C/C2=C(C)CCCC2(C)C)c1. The Hall–Kier alpha value is -1.54. The second-order valence-electron chi connectivity index (χ2n) is 7.21. The van der Waals surface area contributed by atoms with Crippen molar-refractivity contribution in [1.82, 2.24) is 0 Å². The molecule has 2 rings (SSSR count). The first-order valence-corrected chi connectivity index (χ1v) is 8.38. The summed E-state index contributed by atoms with van der Waals surface area (Å²) < 4.78 is 0. The van der Waals surface area contributed by atoms with Crippen LogP contribution in [-0.2, 0) is 0 Å². The smallest absolute Gasteiger partial charge is 0.0323 e. The molecule has 0 amide bonds. The molecule has 0 aromatic heterocycles. The van der Waals surface area contributed by atoms with E-state index < -0.39 is 0 Å².